The van der Waals surface area contributed by atoms with Crippen molar-refractivity contribution < 1.29 is 8.42 Å². The molecule has 0 spiro atoms. The highest BCUT2D eigenvalue weighted by atomic mass is 32.2. The molecule has 5 heteroatoms. The molecule has 0 unspecified atom stereocenters. The fraction of sp³-hybridized carbons (Fsp3) is 1.00. The molecule has 110 valence electrons. The highest BCUT2D eigenvalue weighted by molar-refractivity contribution is 8.00. The van der Waals surface area contributed by atoms with Gasteiger partial charge in [0.1, 0.15) is 0 Å². The third-order valence-corrected chi connectivity index (χ3v) is 7.84. The Labute approximate surface area is 117 Å². The highest BCUT2D eigenvalue weighted by Gasteiger charge is 2.29. The molecule has 18 heavy (non-hydrogen) atoms. The quantitative estimate of drug-likeness (QED) is 0.699. The van der Waals surface area contributed by atoms with Crippen molar-refractivity contribution >= 4 is 21.6 Å². The van der Waals surface area contributed by atoms with E-state index in [0.29, 0.717) is 6.54 Å². The zero-order valence-electron chi connectivity index (χ0n) is 12.7. The topological polar surface area (TPSA) is 46.2 Å². The molecule has 0 saturated heterocycles. The smallest absolute Gasteiger partial charge is 0.156 e. The number of hydrogen-bond donors (Lipinski definition) is 1. The molecule has 0 aliphatic heterocycles. The molecule has 0 rings (SSSR count). The van der Waals surface area contributed by atoms with Gasteiger partial charge in [-0.05, 0) is 39.9 Å². The van der Waals surface area contributed by atoms with Crippen LogP contribution in [0.25, 0.3) is 0 Å². The molecule has 0 amide bonds. The number of thioether (sulfide) groups is 1. The summed E-state index contributed by atoms with van der Waals surface area (Å²) >= 11 is 1.87. The molecule has 0 radical (unpaired) electrons. The second-order valence-corrected chi connectivity index (χ2v) is 9.84. The maximum absolute atomic E-state index is 11.9. The minimum Gasteiger partial charge on any atom is -0.314 e. The van der Waals surface area contributed by atoms with Crippen LogP contribution in [0.5, 0.6) is 0 Å². The summed E-state index contributed by atoms with van der Waals surface area (Å²) in [5.74, 6) is 0.217. The van der Waals surface area contributed by atoms with Gasteiger partial charge in [0.15, 0.2) is 9.84 Å². The van der Waals surface area contributed by atoms with Gasteiger partial charge in [-0.1, -0.05) is 13.8 Å². The van der Waals surface area contributed by atoms with Gasteiger partial charge in [-0.3, -0.25) is 0 Å². The molecular formula is C13H29NO2S2. The fourth-order valence-electron chi connectivity index (χ4n) is 1.69. The van der Waals surface area contributed by atoms with Crippen LogP contribution in [0.3, 0.4) is 0 Å². The normalized spacial score (nSPS) is 13.9. The molecule has 3 nitrogen and oxygen atoms in total. The molecule has 0 atom stereocenters. The van der Waals surface area contributed by atoms with E-state index in [2.05, 4.69) is 25.4 Å². The summed E-state index contributed by atoms with van der Waals surface area (Å²) in [6.07, 6.45) is 4.33. The van der Waals surface area contributed by atoms with Crippen LogP contribution < -0.4 is 5.32 Å². The van der Waals surface area contributed by atoms with Gasteiger partial charge in [0, 0.05) is 17.8 Å². The average Bonchev–Trinajstić information content (AvgIpc) is 2.29. The van der Waals surface area contributed by atoms with E-state index in [9.17, 15) is 8.42 Å². The Hall–Kier alpha value is 0.260. The summed E-state index contributed by atoms with van der Waals surface area (Å²) in [5, 5.41) is 3.31. The van der Waals surface area contributed by atoms with Gasteiger partial charge in [0.2, 0.25) is 0 Å². The summed E-state index contributed by atoms with van der Waals surface area (Å²) in [5.41, 5.74) is 0. The van der Waals surface area contributed by atoms with Crippen LogP contribution in [-0.4, -0.2) is 43.0 Å². The highest BCUT2D eigenvalue weighted by Crippen LogP contribution is 2.29. The lowest BCUT2D eigenvalue weighted by atomic mass is 10.0. The van der Waals surface area contributed by atoms with Crippen LogP contribution in [0, 0.1) is 0 Å². The second kappa shape index (κ2) is 7.15. The predicted octanol–water partition coefficient (Wildman–Crippen LogP) is 2.71. The van der Waals surface area contributed by atoms with Gasteiger partial charge in [0.05, 0.1) is 10.5 Å². The van der Waals surface area contributed by atoms with Gasteiger partial charge in [-0.2, -0.15) is 11.8 Å². The van der Waals surface area contributed by atoms with Gasteiger partial charge in [0.25, 0.3) is 0 Å². The lowest BCUT2D eigenvalue weighted by molar-refractivity contribution is 0.500. The van der Waals surface area contributed by atoms with E-state index in [1.165, 1.54) is 0 Å². The molecule has 0 aliphatic carbocycles. The first-order chi connectivity index (χ1) is 8.14. The molecule has 0 aromatic carbocycles. The number of rotatable bonds is 8. The van der Waals surface area contributed by atoms with E-state index in [1.807, 2.05) is 11.8 Å². The standard InChI is InChI=1S/C13H29NO2S2/c1-7-13(8-2,17-6)11-14-9-10-18(15,16)12(3,4)5/h14H,7-11H2,1-6H3. The molecule has 0 heterocycles. The molecule has 1 N–H and O–H groups in total. The first-order valence-electron chi connectivity index (χ1n) is 6.62. The van der Waals surface area contributed by atoms with Crippen molar-refractivity contribution in [3.63, 3.8) is 0 Å². The Morgan fingerprint density at radius 1 is 1.11 bits per heavy atom. The molecular weight excluding hydrogens is 266 g/mol. The summed E-state index contributed by atoms with van der Waals surface area (Å²) < 4.78 is 23.5. The van der Waals surface area contributed by atoms with E-state index in [1.54, 1.807) is 20.8 Å². The van der Waals surface area contributed by atoms with Crippen molar-refractivity contribution in [2.75, 3.05) is 25.1 Å². The summed E-state index contributed by atoms with van der Waals surface area (Å²) in [7, 11) is -3.00. The van der Waals surface area contributed by atoms with Crippen molar-refractivity contribution in [1.82, 2.24) is 5.32 Å². The van der Waals surface area contributed by atoms with Crippen LogP contribution in [0.4, 0.5) is 0 Å². The predicted molar refractivity (Wildman–Crippen MR) is 83.2 cm³/mol. The lowest BCUT2D eigenvalue weighted by Gasteiger charge is -2.30. The Kier molecular flexibility index (Phi) is 7.26. The first kappa shape index (κ1) is 18.3. The second-order valence-electron chi connectivity index (χ2n) is 5.70. The summed E-state index contributed by atoms with van der Waals surface area (Å²) in [6.45, 7) is 11.1. The third-order valence-electron chi connectivity index (χ3n) is 3.65. The Bertz CT molecular complexity index is 319. The Morgan fingerprint density at radius 3 is 1.94 bits per heavy atom. The van der Waals surface area contributed by atoms with Crippen molar-refractivity contribution in [3.8, 4) is 0 Å². The van der Waals surface area contributed by atoms with Crippen molar-refractivity contribution in [2.24, 2.45) is 0 Å². The minimum atomic E-state index is -3.00. The van der Waals surface area contributed by atoms with Crippen LogP contribution in [0.1, 0.15) is 47.5 Å². The van der Waals surface area contributed by atoms with E-state index in [4.69, 9.17) is 0 Å². The Balaban J connectivity index is 4.23. The average molecular weight is 296 g/mol. The minimum absolute atomic E-state index is 0.217. The van der Waals surface area contributed by atoms with Crippen molar-refractivity contribution in [3.05, 3.63) is 0 Å². The van der Waals surface area contributed by atoms with E-state index in [-0.39, 0.29) is 10.5 Å². The largest absolute Gasteiger partial charge is 0.314 e. The molecule has 0 fully saturated rings. The van der Waals surface area contributed by atoms with Crippen molar-refractivity contribution in [1.29, 1.82) is 0 Å². The zero-order valence-corrected chi connectivity index (χ0v) is 14.3. The molecule has 0 aromatic heterocycles. The summed E-state index contributed by atoms with van der Waals surface area (Å²) in [4.78, 5) is 0. The molecule has 0 aromatic rings. The SMILES string of the molecule is CCC(CC)(CNCCS(=O)(=O)C(C)(C)C)SC. The van der Waals surface area contributed by atoms with E-state index < -0.39 is 14.6 Å². The van der Waals surface area contributed by atoms with Gasteiger partial charge in [-0.25, -0.2) is 8.42 Å². The van der Waals surface area contributed by atoms with E-state index >= 15 is 0 Å². The maximum Gasteiger partial charge on any atom is 0.156 e. The van der Waals surface area contributed by atoms with E-state index in [0.717, 1.165) is 19.4 Å². The number of hydrogen-bond acceptors (Lipinski definition) is 4. The van der Waals surface area contributed by atoms with Crippen molar-refractivity contribution in [2.45, 2.75) is 57.0 Å². The van der Waals surface area contributed by atoms with Gasteiger partial charge >= 0.3 is 0 Å². The van der Waals surface area contributed by atoms with Gasteiger partial charge < -0.3 is 5.32 Å². The monoisotopic (exact) mass is 295 g/mol. The van der Waals surface area contributed by atoms with Crippen LogP contribution in [0.2, 0.25) is 0 Å². The van der Waals surface area contributed by atoms with Gasteiger partial charge in [-0.15, -0.1) is 0 Å². The number of sulfone groups is 1. The molecule has 0 aliphatic rings. The maximum atomic E-state index is 11.9. The third kappa shape index (κ3) is 5.10. The summed E-state index contributed by atoms with van der Waals surface area (Å²) in [6, 6.07) is 0. The zero-order chi connectivity index (χ0) is 14.4. The lowest BCUT2D eigenvalue weighted by Crippen LogP contribution is -2.40. The molecule has 0 bridgehead atoms. The number of nitrogens with one attached hydrogen (secondary N) is 1. The first-order valence-corrected chi connectivity index (χ1v) is 9.50. The fourth-order valence-corrected chi connectivity index (χ4v) is 3.54. The Morgan fingerprint density at radius 2 is 1.61 bits per heavy atom. The van der Waals surface area contributed by atoms with Crippen LogP contribution >= 0.6 is 11.8 Å². The van der Waals surface area contributed by atoms with Crippen LogP contribution in [0.15, 0.2) is 0 Å². The van der Waals surface area contributed by atoms with Crippen LogP contribution in [-0.2, 0) is 9.84 Å². The molecule has 0 saturated carbocycles.